The molecule has 0 saturated heterocycles. The molecule has 0 rings (SSSR count). The Hall–Kier alpha value is -0.770. The van der Waals surface area contributed by atoms with Gasteiger partial charge in [0.25, 0.3) is 0 Å². The lowest BCUT2D eigenvalue weighted by Gasteiger charge is -2.00. The summed E-state index contributed by atoms with van der Waals surface area (Å²) in [5, 5.41) is 8.27. The van der Waals surface area contributed by atoms with Gasteiger partial charge >= 0.3 is 5.97 Å². The molecule has 0 amide bonds. The summed E-state index contributed by atoms with van der Waals surface area (Å²) >= 11 is 0. The third-order valence-electron chi connectivity index (χ3n) is 2.70. The first-order valence-corrected chi connectivity index (χ1v) is 6.36. The summed E-state index contributed by atoms with van der Waals surface area (Å²) in [6.07, 6.45) is 11.7. The summed E-state index contributed by atoms with van der Waals surface area (Å²) in [6.45, 7) is 2.23. The molecule has 0 aromatic carbocycles. The van der Waals surface area contributed by atoms with E-state index in [4.69, 9.17) is 11.2 Å². The molecule has 0 atom stereocenters. The van der Waals surface area contributed by atoms with Crippen LogP contribution in [0.4, 0.5) is 0 Å². The topological polar surface area (TPSA) is 64.6 Å². The first-order chi connectivity index (χ1) is 7.85. The molecule has 0 heterocycles. The second-order valence-corrected chi connectivity index (χ2v) is 4.14. The van der Waals surface area contributed by atoms with Crippen LogP contribution in [0.25, 0.3) is 5.90 Å². The Morgan fingerprint density at radius 1 is 1.00 bits per heavy atom. The molecule has 0 aliphatic rings. The quantitative estimate of drug-likeness (QED) is 0.261. The molecular weight excluding hydrogens is 206 g/mol. The summed E-state index contributed by atoms with van der Waals surface area (Å²) in [5.74, 6) is 6.54. The number of rotatable bonds is 10. The van der Waals surface area contributed by atoms with Crippen LogP contribution in [0.2, 0.25) is 0 Å². The molecule has 4 nitrogen and oxygen atoms in total. The van der Waals surface area contributed by atoms with Gasteiger partial charge in [0.15, 0.2) is 0 Å². The van der Waals surface area contributed by atoms with Crippen molar-refractivity contribution < 1.29 is 14.7 Å². The molecule has 4 heteroatoms. The second kappa shape index (κ2) is 12.3. The van der Waals surface area contributed by atoms with Gasteiger partial charge in [-0.15, -0.1) is 4.89 Å². The fourth-order valence-electron chi connectivity index (χ4n) is 1.70. The van der Waals surface area contributed by atoms with Crippen molar-refractivity contribution in [2.45, 2.75) is 71.1 Å². The number of carbonyl (C=O) groups excluding carboxylic acids is 1. The maximum Gasteiger partial charge on any atom is 0.525 e. The number of hydrogen-bond donors (Lipinski definition) is 1. The molecule has 0 spiro atoms. The Morgan fingerprint density at radius 2 is 1.50 bits per heavy atom. The zero-order valence-electron chi connectivity index (χ0n) is 10.3. The summed E-state index contributed by atoms with van der Waals surface area (Å²) in [7, 11) is 0. The molecule has 0 bridgehead atoms. The van der Waals surface area contributed by atoms with Crippen LogP contribution in [0.3, 0.4) is 0 Å². The maximum atomic E-state index is 8.27. The predicted molar refractivity (Wildman–Crippen MR) is 64.9 cm³/mol. The van der Waals surface area contributed by atoms with Gasteiger partial charge in [0.05, 0.1) is 0 Å². The van der Waals surface area contributed by atoms with Crippen molar-refractivity contribution in [3.8, 4) is 0 Å². The highest BCUT2D eigenvalue weighted by Crippen LogP contribution is 2.10. The van der Waals surface area contributed by atoms with Crippen molar-refractivity contribution in [1.29, 1.82) is 0 Å². The van der Waals surface area contributed by atoms with Crippen molar-refractivity contribution in [3.63, 3.8) is 0 Å². The summed E-state index contributed by atoms with van der Waals surface area (Å²) in [6, 6.07) is 0. The molecule has 0 radical (unpaired) electrons. The molecule has 96 valence electrons. The Balaban J connectivity index is 3.09. The van der Waals surface area contributed by atoms with Crippen molar-refractivity contribution in [2.24, 2.45) is 0 Å². The van der Waals surface area contributed by atoms with Crippen molar-refractivity contribution in [1.82, 2.24) is 0 Å². The predicted octanol–water partition coefficient (Wildman–Crippen LogP) is 4.43. The van der Waals surface area contributed by atoms with E-state index in [1.165, 1.54) is 44.9 Å². The van der Waals surface area contributed by atoms with E-state index >= 15 is 0 Å². The van der Waals surface area contributed by atoms with Crippen molar-refractivity contribution in [3.05, 3.63) is 5.90 Å². The van der Waals surface area contributed by atoms with Gasteiger partial charge in [-0.05, 0) is 6.42 Å². The highest BCUT2D eigenvalue weighted by atomic mass is 17.1. The highest BCUT2D eigenvalue weighted by molar-refractivity contribution is 5.68. The zero-order chi connectivity index (χ0) is 12.1. The maximum absolute atomic E-state index is 8.27. The standard InChI is InChI=1S/C12H25NO3/c1-2-3-4-5-6-7-8-9-10-11-12(15-13)16-14/h13-14H,2-11H2,1H3. The van der Waals surface area contributed by atoms with Gasteiger partial charge in [0.2, 0.25) is 0 Å². The Labute approximate surface area is 98.4 Å². The van der Waals surface area contributed by atoms with E-state index in [1.807, 2.05) is 0 Å². The van der Waals surface area contributed by atoms with Gasteiger partial charge in [0.1, 0.15) is 6.42 Å². The largest absolute Gasteiger partial charge is 0.525 e. The van der Waals surface area contributed by atoms with Gasteiger partial charge in [-0.1, -0.05) is 63.5 Å². The van der Waals surface area contributed by atoms with Gasteiger partial charge in [-0.3, -0.25) is 0 Å². The minimum absolute atomic E-state index is 0.0112. The lowest BCUT2D eigenvalue weighted by molar-refractivity contribution is -0.406. The van der Waals surface area contributed by atoms with Crippen molar-refractivity contribution in [2.75, 3.05) is 0 Å². The lowest BCUT2D eigenvalue weighted by Crippen LogP contribution is -2.02. The van der Waals surface area contributed by atoms with Gasteiger partial charge in [-0.2, -0.15) is 0 Å². The average Bonchev–Trinajstić information content (AvgIpc) is 2.32. The van der Waals surface area contributed by atoms with E-state index < -0.39 is 0 Å². The molecule has 0 unspecified atom stereocenters. The normalized spacial score (nSPS) is 11.8. The minimum Gasteiger partial charge on any atom is -0.417 e. The van der Waals surface area contributed by atoms with E-state index in [9.17, 15) is 0 Å². The molecule has 0 aromatic rings. The van der Waals surface area contributed by atoms with Gasteiger partial charge < -0.3 is 10.4 Å². The van der Waals surface area contributed by atoms with Crippen LogP contribution in [0.5, 0.6) is 0 Å². The Bertz CT molecular complexity index is 172. The van der Waals surface area contributed by atoms with Crippen LogP contribution in [-0.4, -0.2) is 11.2 Å². The van der Waals surface area contributed by atoms with Crippen LogP contribution in [0.15, 0.2) is 0 Å². The average molecular weight is 231 g/mol. The molecule has 0 fully saturated rings. The van der Waals surface area contributed by atoms with Crippen LogP contribution < -0.4 is 0 Å². The van der Waals surface area contributed by atoms with Gasteiger partial charge in [-0.25, -0.2) is 0 Å². The summed E-state index contributed by atoms with van der Waals surface area (Å²) in [4.78, 5) is 3.88. The fourth-order valence-corrected chi connectivity index (χ4v) is 1.70. The second-order valence-electron chi connectivity index (χ2n) is 4.14. The van der Waals surface area contributed by atoms with E-state index in [0.29, 0.717) is 6.42 Å². The van der Waals surface area contributed by atoms with E-state index in [2.05, 4.69) is 16.3 Å². The fraction of sp³-hybridized carbons (Fsp3) is 0.917. The van der Waals surface area contributed by atoms with Gasteiger partial charge in [0, 0.05) is 0 Å². The summed E-state index contributed by atoms with van der Waals surface area (Å²) < 4.78 is 4.07. The van der Waals surface area contributed by atoms with E-state index in [1.54, 1.807) is 0 Å². The van der Waals surface area contributed by atoms with E-state index in [0.717, 1.165) is 12.8 Å². The zero-order valence-corrected chi connectivity index (χ0v) is 10.3. The smallest absolute Gasteiger partial charge is 0.417 e. The first-order valence-electron chi connectivity index (χ1n) is 6.36. The van der Waals surface area contributed by atoms with Crippen LogP contribution >= 0.6 is 0 Å². The molecule has 2 N–H and O–H groups in total. The van der Waals surface area contributed by atoms with Crippen molar-refractivity contribution >= 4 is 5.97 Å². The summed E-state index contributed by atoms with van der Waals surface area (Å²) in [5.41, 5.74) is 0. The third kappa shape index (κ3) is 9.77. The molecule has 0 aliphatic carbocycles. The van der Waals surface area contributed by atoms with E-state index in [-0.39, 0.29) is 5.97 Å². The monoisotopic (exact) mass is 231 g/mol. The Kier molecular flexibility index (Phi) is 11.7. The number of nitrogens with one attached hydrogen (secondary N) is 1. The van der Waals surface area contributed by atoms with Crippen LogP contribution in [-0.2, 0) is 9.41 Å². The van der Waals surface area contributed by atoms with Crippen LogP contribution in [0.1, 0.15) is 71.1 Å². The first kappa shape index (κ1) is 15.2. The lowest BCUT2D eigenvalue weighted by atomic mass is 10.1. The Morgan fingerprint density at radius 3 is 1.94 bits per heavy atom. The third-order valence-corrected chi connectivity index (χ3v) is 2.70. The highest BCUT2D eigenvalue weighted by Gasteiger charge is 2.11. The SMILES string of the molecule is CCCCCCCCCCCC(OO)=[O+][NH-]. The van der Waals surface area contributed by atoms with Crippen LogP contribution in [0, 0.1) is 0 Å². The molecule has 0 aromatic heterocycles. The molecular formula is C12H25NO3. The molecule has 0 aliphatic heterocycles. The minimum atomic E-state index is -0.0112. The number of hydrogen-bond acceptors (Lipinski definition) is 2. The molecule has 0 saturated carbocycles. The molecule has 16 heavy (non-hydrogen) atoms. The number of unbranched alkanes of at least 4 members (excludes halogenated alkanes) is 8.